The number of nitrogens with one attached hydrogen (secondary N) is 1. The Bertz CT molecular complexity index is 615. The number of rotatable bonds is 2. The van der Waals surface area contributed by atoms with Crippen molar-refractivity contribution in [1.29, 1.82) is 0 Å². The van der Waals surface area contributed by atoms with Crippen LogP contribution in [0.1, 0.15) is 18.5 Å². The molecule has 1 N–H and O–H groups in total. The van der Waals surface area contributed by atoms with Crippen LogP contribution in [-0.4, -0.2) is 19.1 Å². The highest BCUT2D eigenvalue weighted by molar-refractivity contribution is 9.11. The van der Waals surface area contributed by atoms with Gasteiger partial charge in [-0.05, 0) is 46.6 Å². The minimum absolute atomic E-state index is 0.369. The molecule has 0 bridgehead atoms. The maximum Gasteiger partial charge on any atom is 0.0525 e. The second kappa shape index (κ2) is 6.51. The van der Waals surface area contributed by atoms with Crippen LogP contribution in [0, 0.1) is 0 Å². The second-order valence-corrected chi connectivity index (χ2v) is 7.24. The third-order valence-electron chi connectivity index (χ3n) is 3.99. The minimum atomic E-state index is 0.369. The van der Waals surface area contributed by atoms with E-state index in [1.165, 1.54) is 11.3 Å². The quantitative estimate of drug-likeness (QED) is 0.769. The summed E-state index contributed by atoms with van der Waals surface area (Å²) in [5.41, 5.74) is 2.60. The van der Waals surface area contributed by atoms with Crippen molar-refractivity contribution >= 4 is 37.5 Å². The fraction of sp³-hybridized carbons (Fsp3) is 0.294. The van der Waals surface area contributed by atoms with Crippen molar-refractivity contribution in [2.24, 2.45) is 0 Å². The number of hydrogen-bond acceptors (Lipinski definition) is 2. The van der Waals surface area contributed by atoms with Crippen LogP contribution in [0.3, 0.4) is 0 Å². The predicted molar refractivity (Wildman–Crippen MR) is 95.8 cm³/mol. The Morgan fingerprint density at radius 2 is 1.86 bits per heavy atom. The summed E-state index contributed by atoms with van der Waals surface area (Å²) in [5, 5.41) is 3.65. The smallest absolute Gasteiger partial charge is 0.0525 e. The van der Waals surface area contributed by atoms with E-state index < -0.39 is 0 Å². The minimum Gasteiger partial charge on any atom is -0.365 e. The van der Waals surface area contributed by atoms with E-state index in [9.17, 15) is 0 Å². The standard InChI is InChI=1S/C17H18Br2N2/c1-12-10-20-16(13-5-3-2-4-6-13)11-21(12)17-9-14(18)7-8-15(17)19/h2-9,12,16,20H,10-11H2,1H3. The lowest BCUT2D eigenvalue weighted by molar-refractivity contribution is 0.414. The van der Waals surface area contributed by atoms with Gasteiger partial charge in [-0.1, -0.05) is 46.3 Å². The molecule has 3 rings (SSSR count). The summed E-state index contributed by atoms with van der Waals surface area (Å²) in [4.78, 5) is 2.48. The Labute approximate surface area is 142 Å². The van der Waals surface area contributed by atoms with Gasteiger partial charge in [0, 0.05) is 34.1 Å². The molecular weight excluding hydrogens is 392 g/mol. The van der Waals surface area contributed by atoms with Gasteiger partial charge in [-0.15, -0.1) is 0 Å². The molecule has 2 aromatic rings. The summed E-state index contributed by atoms with van der Waals surface area (Å²) in [5.74, 6) is 0. The van der Waals surface area contributed by atoms with E-state index in [0.717, 1.165) is 22.0 Å². The lowest BCUT2D eigenvalue weighted by Crippen LogP contribution is -2.51. The number of anilines is 1. The Morgan fingerprint density at radius 1 is 1.10 bits per heavy atom. The fourth-order valence-corrected chi connectivity index (χ4v) is 3.64. The van der Waals surface area contributed by atoms with Crippen molar-refractivity contribution in [2.45, 2.75) is 19.0 Å². The number of benzene rings is 2. The van der Waals surface area contributed by atoms with E-state index in [1.807, 2.05) is 0 Å². The molecule has 2 atom stereocenters. The second-order valence-electron chi connectivity index (χ2n) is 5.47. The van der Waals surface area contributed by atoms with Crippen molar-refractivity contribution in [3.05, 3.63) is 63.0 Å². The molecular formula is C17H18Br2N2. The van der Waals surface area contributed by atoms with Crippen molar-refractivity contribution < 1.29 is 0 Å². The molecule has 0 saturated carbocycles. The average molecular weight is 410 g/mol. The zero-order chi connectivity index (χ0) is 14.8. The van der Waals surface area contributed by atoms with Gasteiger partial charge in [0.05, 0.1) is 5.69 Å². The molecule has 4 heteroatoms. The summed E-state index contributed by atoms with van der Waals surface area (Å²) in [6, 6.07) is 17.9. The van der Waals surface area contributed by atoms with Gasteiger partial charge in [-0.25, -0.2) is 0 Å². The molecule has 21 heavy (non-hydrogen) atoms. The summed E-state index contributed by atoms with van der Waals surface area (Å²) in [6.45, 7) is 4.22. The number of nitrogens with zero attached hydrogens (tertiary/aromatic N) is 1. The molecule has 2 nitrogen and oxygen atoms in total. The fourth-order valence-electron chi connectivity index (χ4n) is 2.81. The van der Waals surface area contributed by atoms with Gasteiger partial charge >= 0.3 is 0 Å². The molecule has 2 unspecified atom stereocenters. The molecule has 1 fully saturated rings. The van der Waals surface area contributed by atoms with Gasteiger partial charge in [-0.2, -0.15) is 0 Å². The van der Waals surface area contributed by atoms with Crippen molar-refractivity contribution in [3.8, 4) is 0 Å². The normalized spacial score (nSPS) is 22.3. The largest absolute Gasteiger partial charge is 0.365 e. The molecule has 0 aliphatic carbocycles. The SMILES string of the molecule is CC1CNC(c2ccccc2)CN1c1cc(Br)ccc1Br. The van der Waals surface area contributed by atoms with Crippen molar-refractivity contribution in [2.75, 3.05) is 18.0 Å². The highest BCUT2D eigenvalue weighted by Crippen LogP contribution is 2.33. The van der Waals surface area contributed by atoms with E-state index in [0.29, 0.717) is 12.1 Å². The molecule has 0 amide bonds. The maximum absolute atomic E-state index is 3.69. The van der Waals surface area contributed by atoms with E-state index in [4.69, 9.17) is 0 Å². The van der Waals surface area contributed by atoms with Crippen molar-refractivity contribution in [1.82, 2.24) is 5.32 Å². The van der Waals surface area contributed by atoms with Crippen LogP contribution in [0.25, 0.3) is 0 Å². The number of hydrogen-bond donors (Lipinski definition) is 1. The van der Waals surface area contributed by atoms with Gasteiger partial charge < -0.3 is 10.2 Å². The number of halogens is 2. The van der Waals surface area contributed by atoms with E-state index in [1.54, 1.807) is 0 Å². The zero-order valence-corrected chi connectivity index (χ0v) is 15.1. The van der Waals surface area contributed by atoms with Crippen molar-refractivity contribution in [3.63, 3.8) is 0 Å². The molecule has 110 valence electrons. The Kier molecular flexibility index (Phi) is 4.67. The van der Waals surface area contributed by atoms with Crippen LogP contribution in [0.2, 0.25) is 0 Å². The van der Waals surface area contributed by atoms with Crippen LogP contribution in [-0.2, 0) is 0 Å². The molecule has 1 heterocycles. The van der Waals surface area contributed by atoms with Gasteiger partial charge in [-0.3, -0.25) is 0 Å². The zero-order valence-electron chi connectivity index (χ0n) is 11.9. The first kappa shape index (κ1) is 15.1. The van der Waals surface area contributed by atoms with Crippen LogP contribution < -0.4 is 10.2 Å². The topological polar surface area (TPSA) is 15.3 Å². The summed E-state index contributed by atoms with van der Waals surface area (Å²) in [6.07, 6.45) is 0. The van der Waals surface area contributed by atoms with Crippen LogP contribution in [0.4, 0.5) is 5.69 Å². The molecule has 0 radical (unpaired) electrons. The van der Waals surface area contributed by atoms with E-state index in [-0.39, 0.29) is 0 Å². The van der Waals surface area contributed by atoms with E-state index >= 15 is 0 Å². The molecule has 1 aliphatic heterocycles. The van der Waals surface area contributed by atoms with E-state index in [2.05, 4.69) is 97.5 Å². The molecule has 1 aliphatic rings. The van der Waals surface area contributed by atoms with Gasteiger partial charge in [0.2, 0.25) is 0 Å². The number of piperazine rings is 1. The van der Waals surface area contributed by atoms with Crippen LogP contribution in [0.15, 0.2) is 57.5 Å². The lowest BCUT2D eigenvalue weighted by atomic mass is 10.0. The summed E-state index contributed by atoms with van der Waals surface area (Å²) in [7, 11) is 0. The van der Waals surface area contributed by atoms with Crippen LogP contribution >= 0.6 is 31.9 Å². The predicted octanol–water partition coefficient (Wildman–Crippen LogP) is 4.75. The molecule has 0 spiro atoms. The third kappa shape index (κ3) is 3.33. The Morgan fingerprint density at radius 3 is 2.62 bits per heavy atom. The molecule has 0 aromatic heterocycles. The first-order valence-electron chi connectivity index (χ1n) is 7.15. The highest BCUT2D eigenvalue weighted by atomic mass is 79.9. The lowest BCUT2D eigenvalue weighted by Gasteiger charge is -2.41. The first-order chi connectivity index (χ1) is 10.1. The first-order valence-corrected chi connectivity index (χ1v) is 8.74. The van der Waals surface area contributed by atoms with Gasteiger partial charge in [0.15, 0.2) is 0 Å². The summed E-state index contributed by atoms with van der Waals surface area (Å²) >= 11 is 7.27. The third-order valence-corrected chi connectivity index (χ3v) is 5.15. The molecule has 1 saturated heterocycles. The van der Waals surface area contributed by atoms with Gasteiger partial charge in [0.1, 0.15) is 0 Å². The average Bonchev–Trinajstić information content (AvgIpc) is 2.51. The highest BCUT2D eigenvalue weighted by Gasteiger charge is 2.27. The van der Waals surface area contributed by atoms with Gasteiger partial charge in [0.25, 0.3) is 0 Å². The summed E-state index contributed by atoms with van der Waals surface area (Å²) < 4.78 is 2.26. The monoisotopic (exact) mass is 408 g/mol. The van der Waals surface area contributed by atoms with Crippen LogP contribution in [0.5, 0.6) is 0 Å². The Balaban J connectivity index is 1.89. The Hall–Kier alpha value is -0.840. The molecule has 2 aromatic carbocycles. The maximum atomic E-state index is 3.69.